The van der Waals surface area contributed by atoms with Gasteiger partial charge < -0.3 is 19.5 Å². The molecule has 0 aromatic heterocycles. The van der Waals surface area contributed by atoms with Gasteiger partial charge in [-0.05, 0) is 60.5 Å². The van der Waals surface area contributed by atoms with Crippen LogP contribution in [0.5, 0.6) is 11.5 Å². The topological polar surface area (TPSA) is 45.2 Å². The van der Waals surface area contributed by atoms with Gasteiger partial charge in [0.05, 0.1) is 7.11 Å². The van der Waals surface area contributed by atoms with Crippen LogP contribution in [0.15, 0.2) is 48.5 Å². The first-order chi connectivity index (χ1) is 15.5. The third-order valence-electron chi connectivity index (χ3n) is 5.94. The number of benzene rings is 2. The van der Waals surface area contributed by atoms with Gasteiger partial charge in [-0.25, -0.2) is 4.39 Å². The molecule has 0 bridgehead atoms. The standard InChI is InChI=1S/C26H35FN2O3/c1-4-28(5-2)18-24(30)19-32-26-16-20(6-11-25(26)31-3)17-29-14-12-22(13-15-29)21-7-9-23(27)10-8-21/h6-12,16,24,30H,4-5,13-15,17-19H2,1-3H3. The number of aliphatic hydroxyl groups excluding tert-OH is 1. The zero-order chi connectivity index (χ0) is 22.9. The number of rotatable bonds is 11. The molecule has 2 aromatic carbocycles. The molecule has 0 spiro atoms. The van der Waals surface area contributed by atoms with Crippen LogP contribution in [0.4, 0.5) is 4.39 Å². The van der Waals surface area contributed by atoms with E-state index in [1.165, 1.54) is 17.7 Å². The molecule has 174 valence electrons. The van der Waals surface area contributed by atoms with Crippen LogP contribution in [0, 0.1) is 5.82 Å². The molecule has 1 aliphatic rings. The Morgan fingerprint density at radius 3 is 2.47 bits per heavy atom. The van der Waals surface area contributed by atoms with E-state index in [9.17, 15) is 9.50 Å². The van der Waals surface area contributed by atoms with Crippen molar-refractivity contribution in [2.24, 2.45) is 0 Å². The molecule has 0 saturated carbocycles. The molecule has 3 rings (SSSR count). The average molecular weight is 443 g/mol. The molecule has 1 heterocycles. The number of likely N-dealkylation sites (N-methyl/N-ethyl adjacent to an activating group) is 1. The van der Waals surface area contributed by atoms with Crippen molar-refractivity contribution in [1.82, 2.24) is 9.80 Å². The summed E-state index contributed by atoms with van der Waals surface area (Å²) in [5, 5.41) is 10.3. The Morgan fingerprint density at radius 2 is 1.84 bits per heavy atom. The van der Waals surface area contributed by atoms with Crippen LogP contribution >= 0.6 is 0 Å². The van der Waals surface area contributed by atoms with Crippen molar-refractivity contribution >= 4 is 5.57 Å². The van der Waals surface area contributed by atoms with E-state index in [0.717, 1.165) is 50.3 Å². The van der Waals surface area contributed by atoms with Crippen LogP contribution in [0.25, 0.3) is 5.57 Å². The van der Waals surface area contributed by atoms with Crippen molar-refractivity contribution in [3.05, 3.63) is 65.5 Å². The first-order valence-corrected chi connectivity index (χ1v) is 11.4. The molecule has 32 heavy (non-hydrogen) atoms. The summed E-state index contributed by atoms with van der Waals surface area (Å²) in [6.45, 7) is 9.37. The molecule has 0 radical (unpaired) electrons. The van der Waals surface area contributed by atoms with Gasteiger partial charge in [0.2, 0.25) is 0 Å². The van der Waals surface area contributed by atoms with Gasteiger partial charge in [0.25, 0.3) is 0 Å². The highest BCUT2D eigenvalue weighted by Gasteiger charge is 2.16. The van der Waals surface area contributed by atoms with Crippen molar-refractivity contribution in [2.75, 3.05) is 46.4 Å². The lowest BCUT2D eigenvalue weighted by Crippen LogP contribution is -2.35. The predicted molar refractivity (Wildman–Crippen MR) is 127 cm³/mol. The first-order valence-electron chi connectivity index (χ1n) is 11.4. The van der Waals surface area contributed by atoms with E-state index in [1.54, 1.807) is 7.11 Å². The zero-order valence-electron chi connectivity index (χ0n) is 19.4. The molecule has 2 aromatic rings. The molecule has 1 aliphatic heterocycles. The van der Waals surface area contributed by atoms with E-state index in [-0.39, 0.29) is 12.4 Å². The number of aliphatic hydroxyl groups is 1. The maximum absolute atomic E-state index is 13.2. The van der Waals surface area contributed by atoms with E-state index in [0.29, 0.717) is 18.0 Å². The highest BCUT2D eigenvalue weighted by molar-refractivity contribution is 5.66. The Balaban J connectivity index is 1.58. The summed E-state index contributed by atoms with van der Waals surface area (Å²) in [7, 11) is 1.63. The molecule has 0 amide bonds. The minimum Gasteiger partial charge on any atom is -0.493 e. The summed E-state index contributed by atoms with van der Waals surface area (Å²) < 4.78 is 24.6. The SMILES string of the molecule is CCN(CC)CC(O)COc1cc(CN2CC=C(c3ccc(F)cc3)CC2)ccc1OC. The Hall–Kier alpha value is -2.41. The van der Waals surface area contributed by atoms with Crippen molar-refractivity contribution in [1.29, 1.82) is 0 Å². The molecule has 0 saturated heterocycles. The van der Waals surface area contributed by atoms with Crippen molar-refractivity contribution in [2.45, 2.75) is 32.9 Å². The molecule has 1 atom stereocenters. The number of hydrogen-bond donors (Lipinski definition) is 1. The lowest BCUT2D eigenvalue weighted by Gasteiger charge is -2.27. The van der Waals surface area contributed by atoms with Gasteiger partial charge in [0.15, 0.2) is 11.5 Å². The van der Waals surface area contributed by atoms with Crippen LogP contribution in [0.3, 0.4) is 0 Å². The molecule has 1 N–H and O–H groups in total. The minimum atomic E-state index is -0.555. The van der Waals surface area contributed by atoms with Gasteiger partial charge in [-0.15, -0.1) is 0 Å². The highest BCUT2D eigenvalue weighted by Crippen LogP contribution is 2.30. The third-order valence-corrected chi connectivity index (χ3v) is 5.94. The first kappa shape index (κ1) is 24.2. The third kappa shape index (κ3) is 6.79. The summed E-state index contributed by atoms with van der Waals surface area (Å²) in [5.41, 5.74) is 3.49. The number of hydrogen-bond acceptors (Lipinski definition) is 5. The lowest BCUT2D eigenvalue weighted by molar-refractivity contribution is 0.0705. The van der Waals surface area contributed by atoms with Gasteiger partial charge in [-0.3, -0.25) is 4.90 Å². The second kappa shape index (κ2) is 12.0. The molecule has 0 aliphatic carbocycles. The van der Waals surface area contributed by atoms with Gasteiger partial charge in [0, 0.05) is 26.2 Å². The smallest absolute Gasteiger partial charge is 0.161 e. The van der Waals surface area contributed by atoms with Gasteiger partial charge >= 0.3 is 0 Å². The van der Waals surface area contributed by atoms with Crippen LogP contribution < -0.4 is 9.47 Å². The van der Waals surface area contributed by atoms with Crippen molar-refractivity contribution in [3.8, 4) is 11.5 Å². The van der Waals surface area contributed by atoms with Crippen LogP contribution in [-0.4, -0.2) is 67.5 Å². The monoisotopic (exact) mass is 442 g/mol. The van der Waals surface area contributed by atoms with E-state index in [4.69, 9.17) is 9.47 Å². The number of ether oxygens (including phenoxy) is 2. The summed E-state index contributed by atoms with van der Waals surface area (Å²) in [4.78, 5) is 4.54. The van der Waals surface area contributed by atoms with Crippen LogP contribution in [0.2, 0.25) is 0 Å². The van der Waals surface area contributed by atoms with Crippen molar-refractivity contribution < 1.29 is 19.0 Å². The molecule has 5 nitrogen and oxygen atoms in total. The molecule has 1 unspecified atom stereocenters. The summed E-state index contributed by atoms with van der Waals surface area (Å²) in [6.07, 6.45) is 2.60. The second-order valence-corrected chi connectivity index (χ2v) is 8.16. The van der Waals surface area contributed by atoms with E-state index in [2.05, 4.69) is 35.8 Å². The van der Waals surface area contributed by atoms with Gasteiger partial charge in [-0.2, -0.15) is 0 Å². The van der Waals surface area contributed by atoms with E-state index in [1.807, 2.05) is 24.3 Å². The normalized spacial score (nSPS) is 15.5. The summed E-state index contributed by atoms with van der Waals surface area (Å²) in [6, 6.07) is 12.7. The fourth-order valence-electron chi connectivity index (χ4n) is 3.99. The Bertz CT molecular complexity index is 881. The number of halogens is 1. The largest absolute Gasteiger partial charge is 0.493 e. The molecule has 6 heteroatoms. The van der Waals surface area contributed by atoms with Gasteiger partial charge in [-0.1, -0.05) is 38.1 Å². The van der Waals surface area contributed by atoms with Crippen molar-refractivity contribution in [3.63, 3.8) is 0 Å². The molecular weight excluding hydrogens is 407 g/mol. The number of methoxy groups -OCH3 is 1. The van der Waals surface area contributed by atoms with Crippen LogP contribution in [0.1, 0.15) is 31.4 Å². The second-order valence-electron chi connectivity index (χ2n) is 8.16. The summed E-state index contributed by atoms with van der Waals surface area (Å²) >= 11 is 0. The maximum Gasteiger partial charge on any atom is 0.161 e. The average Bonchev–Trinajstić information content (AvgIpc) is 2.82. The highest BCUT2D eigenvalue weighted by atomic mass is 19.1. The van der Waals surface area contributed by atoms with E-state index < -0.39 is 6.10 Å². The maximum atomic E-state index is 13.2. The Kier molecular flexibility index (Phi) is 9.09. The summed E-state index contributed by atoms with van der Waals surface area (Å²) in [5.74, 6) is 1.12. The van der Waals surface area contributed by atoms with E-state index >= 15 is 0 Å². The Labute approximate surface area is 191 Å². The quantitative estimate of drug-likeness (QED) is 0.565. The predicted octanol–water partition coefficient (Wildman–Crippen LogP) is 4.21. The fraction of sp³-hybridized carbons (Fsp3) is 0.462. The molecule has 0 fully saturated rings. The molecular formula is C26H35FN2O3. The van der Waals surface area contributed by atoms with Crippen LogP contribution in [-0.2, 0) is 6.54 Å². The van der Waals surface area contributed by atoms with Gasteiger partial charge in [0.1, 0.15) is 18.5 Å². The zero-order valence-corrected chi connectivity index (χ0v) is 19.4. The minimum absolute atomic E-state index is 0.204. The number of nitrogens with zero attached hydrogens (tertiary/aromatic N) is 2. The lowest BCUT2D eigenvalue weighted by atomic mass is 9.99. The fourth-order valence-corrected chi connectivity index (χ4v) is 3.99. The Morgan fingerprint density at radius 1 is 1.09 bits per heavy atom.